The molecule has 12 heavy (non-hydrogen) atoms. The summed E-state index contributed by atoms with van der Waals surface area (Å²) in [5.41, 5.74) is 0.453. The average Bonchev–Trinajstić information content (AvgIpc) is 2.03. The first kappa shape index (κ1) is 11.0. The van der Waals surface area contributed by atoms with Crippen LogP contribution in [0.15, 0.2) is 24.3 Å². The van der Waals surface area contributed by atoms with Crippen LogP contribution in [0.4, 0.5) is 0 Å². The van der Waals surface area contributed by atoms with Crippen LogP contribution in [0.3, 0.4) is 0 Å². The van der Waals surface area contributed by atoms with E-state index in [9.17, 15) is 4.79 Å². The molecular formula is C10H16O2. The van der Waals surface area contributed by atoms with Gasteiger partial charge < -0.3 is 4.74 Å². The predicted molar refractivity (Wildman–Crippen MR) is 49.8 cm³/mol. The zero-order valence-electron chi connectivity index (χ0n) is 7.80. The highest BCUT2D eigenvalue weighted by Crippen LogP contribution is 1.94. The second kappa shape index (κ2) is 6.65. The molecule has 2 nitrogen and oxygen atoms in total. The molecule has 0 N–H and O–H groups in total. The van der Waals surface area contributed by atoms with Gasteiger partial charge in [-0.2, -0.15) is 0 Å². The van der Waals surface area contributed by atoms with Gasteiger partial charge in [-0.25, -0.2) is 4.79 Å². The number of allylic oxidation sites excluding steroid dienone is 1. The Kier molecular flexibility index (Phi) is 6.07. The largest absolute Gasteiger partial charge is 0.462 e. The van der Waals surface area contributed by atoms with E-state index in [0.29, 0.717) is 12.2 Å². The molecule has 0 heterocycles. The summed E-state index contributed by atoms with van der Waals surface area (Å²) in [7, 11) is 0. The third-order valence-electron chi connectivity index (χ3n) is 1.27. The molecule has 0 aliphatic carbocycles. The molecule has 0 amide bonds. The van der Waals surface area contributed by atoms with Gasteiger partial charge in [0.25, 0.3) is 0 Å². The van der Waals surface area contributed by atoms with Crippen LogP contribution in [0.2, 0.25) is 0 Å². The lowest BCUT2D eigenvalue weighted by Gasteiger charge is -2.00. The molecule has 0 radical (unpaired) electrons. The van der Waals surface area contributed by atoms with Gasteiger partial charge in [0.1, 0.15) is 0 Å². The Morgan fingerprint density at radius 3 is 2.67 bits per heavy atom. The lowest BCUT2D eigenvalue weighted by Crippen LogP contribution is -2.05. The molecule has 0 rings (SSSR count). The minimum absolute atomic E-state index is 0.306. The average molecular weight is 168 g/mol. The van der Waals surface area contributed by atoms with Gasteiger partial charge in [-0.3, -0.25) is 0 Å². The Balaban J connectivity index is 3.38. The van der Waals surface area contributed by atoms with E-state index in [1.165, 1.54) is 0 Å². The van der Waals surface area contributed by atoms with Crippen LogP contribution in [-0.2, 0) is 9.53 Å². The SMILES string of the molecule is C=C(C)C(=O)OCC/C=C\CC. The molecule has 0 fully saturated rings. The van der Waals surface area contributed by atoms with Crippen LogP contribution in [-0.4, -0.2) is 12.6 Å². The first-order chi connectivity index (χ1) is 5.68. The topological polar surface area (TPSA) is 26.3 Å². The van der Waals surface area contributed by atoms with Crippen molar-refractivity contribution in [3.63, 3.8) is 0 Å². The first-order valence-corrected chi connectivity index (χ1v) is 4.16. The third-order valence-corrected chi connectivity index (χ3v) is 1.27. The number of carbonyl (C=O) groups excluding carboxylic acids is 1. The summed E-state index contributed by atoms with van der Waals surface area (Å²) >= 11 is 0. The van der Waals surface area contributed by atoms with E-state index < -0.39 is 0 Å². The van der Waals surface area contributed by atoms with Crippen LogP contribution in [0.25, 0.3) is 0 Å². The van der Waals surface area contributed by atoms with Gasteiger partial charge >= 0.3 is 5.97 Å². The van der Waals surface area contributed by atoms with Gasteiger partial charge in [-0.15, -0.1) is 0 Å². The number of esters is 1. The van der Waals surface area contributed by atoms with Crippen molar-refractivity contribution in [2.24, 2.45) is 0 Å². The Labute approximate surface area is 73.9 Å². The second-order valence-corrected chi connectivity index (χ2v) is 2.58. The van der Waals surface area contributed by atoms with E-state index >= 15 is 0 Å². The predicted octanol–water partition coefficient (Wildman–Crippen LogP) is 2.46. The quantitative estimate of drug-likeness (QED) is 0.273. The van der Waals surface area contributed by atoms with Crippen LogP contribution in [0.1, 0.15) is 26.7 Å². The summed E-state index contributed by atoms with van der Waals surface area (Å²) in [5, 5.41) is 0. The Morgan fingerprint density at radius 1 is 1.50 bits per heavy atom. The molecule has 0 saturated heterocycles. The van der Waals surface area contributed by atoms with E-state index in [1.54, 1.807) is 6.92 Å². The molecule has 0 aromatic carbocycles. The van der Waals surface area contributed by atoms with Gasteiger partial charge in [0, 0.05) is 5.57 Å². The summed E-state index contributed by atoms with van der Waals surface area (Å²) in [6.45, 7) is 7.63. The van der Waals surface area contributed by atoms with Crippen molar-refractivity contribution in [3.8, 4) is 0 Å². The third kappa shape index (κ3) is 5.71. The van der Waals surface area contributed by atoms with Crippen molar-refractivity contribution in [1.82, 2.24) is 0 Å². The van der Waals surface area contributed by atoms with Gasteiger partial charge in [0.2, 0.25) is 0 Å². The normalized spacial score (nSPS) is 10.2. The summed E-state index contributed by atoms with van der Waals surface area (Å²) in [4.78, 5) is 10.8. The Bertz CT molecular complexity index is 180. The fourth-order valence-corrected chi connectivity index (χ4v) is 0.627. The second-order valence-electron chi connectivity index (χ2n) is 2.58. The lowest BCUT2D eigenvalue weighted by molar-refractivity contribution is -0.138. The molecule has 2 heteroatoms. The first-order valence-electron chi connectivity index (χ1n) is 4.16. The fraction of sp³-hybridized carbons (Fsp3) is 0.500. The molecule has 0 aromatic rings. The van der Waals surface area contributed by atoms with E-state index in [0.717, 1.165) is 12.8 Å². The summed E-state index contributed by atoms with van der Waals surface area (Å²) < 4.78 is 4.86. The standard InChI is InChI=1S/C10H16O2/c1-4-5-6-7-8-12-10(11)9(2)3/h5-6H,2,4,7-8H2,1,3H3/b6-5-. The molecule has 0 aliphatic rings. The maximum Gasteiger partial charge on any atom is 0.333 e. The van der Waals surface area contributed by atoms with Crippen LogP contribution in [0, 0.1) is 0 Å². The highest BCUT2D eigenvalue weighted by Gasteiger charge is 2.00. The van der Waals surface area contributed by atoms with Crippen LogP contribution >= 0.6 is 0 Å². The number of ether oxygens (including phenoxy) is 1. The summed E-state index contributed by atoms with van der Waals surface area (Å²) in [5.74, 6) is -0.306. The molecule has 0 aliphatic heterocycles. The monoisotopic (exact) mass is 168 g/mol. The van der Waals surface area contributed by atoms with Crippen molar-refractivity contribution in [2.45, 2.75) is 26.7 Å². The zero-order chi connectivity index (χ0) is 9.40. The molecular weight excluding hydrogens is 152 g/mol. The number of hydrogen-bond acceptors (Lipinski definition) is 2. The van der Waals surface area contributed by atoms with Crippen molar-refractivity contribution in [1.29, 1.82) is 0 Å². The highest BCUT2D eigenvalue weighted by atomic mass is 16.5. The van der Waals surface area contributed by atoms with Crippen LogP contribution in [0.5, 0.6) is 0 Å². The van der Waals surface area contributed by atoms with E-state index in [-0.39, 0.29) is 5.97 Å². The van der Waals surface area contributed by atoms with Crippen molar-refractivity contribution < 1.29 is 9.53 Å². The van der Waals surface area contributed by atoms with E-state index in [4.69, 9.17) is 4.74 Å². The van der Waals surface area contributed by atoms with E-state index in [1.807, 2.05) is 6.08 Å². The molecule has 0 atom stereocenters. The summed E-state index contributed by atoms with van der Waals surface area (Å²) in [6, 6.07) is 0. The molecule has 0 saturated carbocycles. The Hall–Kier alpha value is -1.05. The number of rotatable bonds is 5. The fourth-order valence-electron chi connectivity index (χ4n) is 0.627. The van der Waals surface area contributed by atoms with Gasteiger partial charge in [-0.05, 0) is 19.8 Å². The van der Waals surface area contributed by atoms with Crippen molar-refractivity contribution in [3.05, 3.63) is 24.3 Å². The zero-order valence-corrected chi connectivity index (χ0v) is 7.80. The minimum atomic E-state index is -0.306. The number of hydrogen-bond donors (Lipinski definition) is 0. The molecule has 68 valence electrons. The van der Waals surface area contributed by atoms with Gasteiger partial charge in [0.15, 0.2) is 0 Å². The Morgan fingerprint density at radius 2 is 2.17 bits per heavy atom. The highest BCUT2D eigenvalue weighted by molar-refractivity contribution is 5.86. The minimum Gasteiger partial charge on any atom is -0.462 e. The van der Waals surface area contributed by atoms with Crippen molar-refractivity contribution >= 4 is 5.97 Å². The van der Waals surface area contributed by atoms with Gasteiger partial charge in [-0.1, -0.05) is 25.7 Å². The number of carbonyl (C=O) groups is 1. The maximum absolute atomic E-state index is 10.8. The smallest absolute Gasteiger partial charge is 0.333 e. The van der Waals surface area contributed by atoms with Crippen LogP contribution < -0.4 is 0 Å². The molecule has 0 bridgehead atoms. The maximum atomic E-state index is 10.8. The van der Waals surface area contributed by atoms with Gasteiger partial charge in [0.05, 0.1) is 6.61 Å². The summed E-state index contributed by atoms with van der Waals surface area (Å²) in [6.07, 6.45) is 5.86. The molecule has 0 aromatic heterocycles. The molecule has 0 spiro atoms. The molecule has 0 unspecified atom stereocenters. The van der Waals surface area contributed by atoms with Crippen molar-refractivity contribution in [2.75, 3.05) is 6.61 Å². The lowest BCUT2D eigenvalue weighted by atomic mass is 10.3. The van der Waals surface area contributed by atoms with E-state index in [2.05, 4.69) is 19.6 Å².